The molecule has 0 fully saturated rings. The minimum Gasteiger partial charge on any atom is -0.269 e. The lowest BCUT2D eigenvalue weighted by molar-refractivity contribution is 0.628. The topological polar surface area (TPSA) is 34.4 Å². The van der Waals surface area contributed by atoms with Gasteiger partial charge >= 0.3 is 0 Å². The summed E-state index contributed by atoms with van der Waals surface area (Å²) in [5.74, 6) is -0.326. The minimum absolute atomic E-state index is 0.230. The molecule has 0 saturated carbocycles. The van der Waals surface area contributed by atoms with Crippen LogP contribution in [0.1, 0.15) is 0 Å². The molecule has 3 aromatic rings. The van der Waals surface area contributed by atoms with Crippen LogP contribution in [0.3, 0.4) is 0 Å². The number of fused-ring (bicyclic) bond motifs is 1. The Morgan fingerprint density at radius 2 is 1.84 bits per heavy atom. The maximum Gasteiger partial charge on any atom is 0.258 e. The Bertz CT molecular complexity index is 812. The third-order valence-electron chi connectivity index (χ3n) is 2.76. The van der Waals surface area contributed by atoms with Crippen molar-refractivity contribution in [2.45, 2.75) is 0 Å². The maximum atomic E-state index is 12.9. The summed E-state index contributed by atoms with van der Waals surface area (Å²) in [4.78, 5) is 16.3. The summed E-state index contributed by atoms with van der Waals surface area (Å²) in [7, 11) is 0. The number of aromatic nitrogens is 2. The van der Waals surface area contributed by atoms with Crippen LogP contribution in [0.4, 0.5) is 4.39 Å². The largest absolute Gasteiger partial charge is 0.269 e. The van der Waals surface area contributed by atoms with Gasteiger partial charge in [-0.15, -0.1) is 0 Å². The summed E-state index contributed by atoms with van der Waals surface area (Å²) >= 11 is 5.84. The zero-order valence-electron chi connectivity index (χ0n) is 9.68. The lowest BCUT2D eigenvalue weighted by atomic mass is 10.1. The summed E-state index contributed by atoms with van der Waals surface area (Å²) in [6.45, 7) is 0. The van der Waals surface area contributed by atoms with Gasteiger partial charge in [0.25, 0.3) is 5.56 Å². The molecule has 0 aliphatic heterocycles. The van der Waals surface area contributed by atoms with Crippen LogP contribution in [0.25, 0.3) is 16.9 Å². The third-order valence-corrected chi connectivity index (χ3v) is 2.99. The number of pyridine rings is 1. The molecule has 5 heteroatoms. The van der Waals surface area contributed by atoms with Crippen molar-refractivity contribution in [2.24, 2.45) is 0 Å². The van der Waals surface area contributed by atoms with Crippen molar-refractivity contribution in [3.63, 3.8) is 0 Å². The molecule has 0 aliphatic rings. The van der Waals surface area contributed by atoms with Crippen LogP contribution >= 0.6 is 11.6 Å². The molecule has 0 aliphatic carbocycles. The van der Waals surface area contributed by atoms with Crippen LogP contribution in [0, 0.1) is 5.82 Å². The second-order valence-electron chi connectivity index (χ2n) is 4.06. The molecule has 0 bridgehead atoms. The van der Waals surface area contributed by atoms with E-state index in [-0.39, 0.29) is 11.4 Å². The highest BCUT2D eigenvalue weighted by Gasteiger charge is 2.05. The van der Waals surface area contributed by atoms with Crippen molar-refractivity contribution in [1.82, 2.24) is 9.38 Å². The molecule has 2 heterocycles. The van der Waals surface area contributed by atoms with Crippen LogP contribution in [0.2, 0.25) is 5.02 Å². The fourth-order valence-electron chi connectivity index (χ4n) is 1.85. The fourth-order valence-corrected chi connectivity index (χ4v) is 2.01. The van der Waals surface area contributed by atoms with Crippen molar-refractivity contribution in [2.75, 3.05) is 0 Å². The van der Waals surface area contributed by atoms with Crippen LogP contribution < -0.4 is 5.56 Å². The zero-order valence-corrected chi connectivity index (χ0v) is 10.4. The second-order valence-corrected chi connectivity index (χ2v) is 4.50. The van der Waals surface area contributed by atoms with Crippen molar-refractivity contribution < 1.29 is 4.39 Å². The number of hydrogen-bond donors (Lipinski definition) is 0. The first-order valence-electron chi connectivity index (χ1n) is 5.58. The Kier molecular flexibility index (Phi) is 2.80. The zero-order chi connectivity index (χ0) is 13.4. The van der Waals surface area contributed by atoms with Gasteiger partial charge < -0.3 is 0 Å². The van der Waals surface area contributed by atoms with Gasteiger partial charge in [0.15, 0.2) is 0 Å². The van der Waals surface area contributed by atoms with E-state index in [1.165, 1.54) is 28.8 Å². The van der Waals surface area contributed by atoms with E-state index in [1.54, 1.807) is 24.3 Å². The van der Waals surface area contributed by atoms with Gasteiger partial charge in [0.05, 0.1) is 10.7 Å². The summed E-state index contributed by atoms with van der Waals surface area (Å²) in [6, 6.07) is 10.6. The number of hydrogen-bond acceptors (Lipinski definition) is 2. The highest BCUT2D eigenvalue weighted by Crippen LogP contribution is 2.17. The van der Waals surface area contributed by atoms with Gasteiger partial charge in [-0.25, -0.2) is 9.37 Å². The number of benzene rings is 1. The normalized spacial score (nSPS) is 10.8. The quantitative estimate of drug-likeness (QED) is 0.683. The Labute approximate surface area is 112 Å². The molecular formula is C14H8ClFN2O. The van der Waals surface area contributed by atoms with E-state index >= 15 is 0 Å². The van der Waals surface area contributed by atoms with Crippen molar-refractivity contribution in [3.05, 3.63) is 69.9 Å². The molecule has 19 heavy (non-hydrogen) atoms. The van der Waals surface area contributed by atoms with Gasteiger partial charge in [0.1, 0.15) is 11.5 Å². The molecule has 1 aromatic carbocycles. The van der Waals surface area contributed by atoms with Gasteiger partial charge in [0, 0.05) is 17.8 Å². The van der Waals surface area contributed by atoms with E-state index in [0.29, 0.717) is 21.9 Å². The molecule has 0 radical (unpaired) electrons. The average Bonchev–Trinajstić information content (AvgIpc) is 2.40. The van der Waals surface area contributed by atoms with Crippen molar-refractivity contribution >= 4 is 17.2 Å². The van der Waals surface area contributed by atoms with E-state index in [2.05, 4.69) is 4.98 Å². The van der Waals surface area contributed by atoms with E-state index in [0.717, 1.165) is 0 Å². The number of rotatable bonds is 1. The lowest BCUT2D eigenvalue weighted by Gasteiger charge is -2.04. The van der Waals surface area contributed by atoms with E-state index < -0.39 is 0 Å². The second kappa shape index (κ2) is 4.48. The first-order chi connectivity index (χ1) is 9.13. The fraction of sp³-hybridized carbons (Fsp3) is 0. The highest BCUT2D eigenvalue weighted by molar-refractivity contribution is 6.30. The van der Waals surface area contributed by atoms with Crippen molar-refractivity contribution in [3.8, 4) is 11.3 Å². The monoisotopic (exact) mass is 274 g/mol. The molecule has 3 nitrogen and oxygen atoms in total. The van der Waals surface area contributed by atoms with E-state index in [1.807, 2.05) is 0 Å². The molecule has 0 atom stereocenters. The van der Waals surface area contributed by atoms with Crippen LogP contribution in [0.5, 0.6) is 0 Å². The third kappa shape index (κ3) is 2.22. The molecule has 94 valence electrons. The van der Waals surface area contributed by atoms with Gasteiger partial charge in [-0.05, 0) is 36.4 Å². The lowest BCUT2D eigenvalue weighted by Crippen LogP contribution is -2.13. The van der Waals surface area contributed by atoms with Crippen LogP contribution in [0.15, 0.2) is 53.5 Å². The predicted molar refractivity (Wildman–Crippen MR) is 71.9 cm³/mol. The molecular weight excluding hydrogens is 267 g/mol. The van der Waals surface area contributed by atoms with Gasteiger partial charge in [-0.3, -0.25) is 9.20 Å². The molecule has 0 spiro atoms. The van der Waals surface area contributed by atoms with Crippen LogP contribution in [-0.4, -0.2) is 9.38 Å². The smallest absolute Gasteiger partial charge is 0.258 e. The first kappa shape index (κ1) is 11.9. The van der Waals surface area contributed by atoms with Gasteiger partial charge in [-0.2, -0.15) is 0 Å². The van der Waals surface area contributed by atoms with E-state index in [9.17, 15) is 9.18 Å². The van der Waals surface area contributed by atoms with Crippen molar-refractivity contribution in [1.29, 1.82) is 0 Å². The molecule has 2 aromatic heterocycles. The highest BCUT2D eigenvalue weighted by atomic mass is 35.5. The Hall–Kier alpha value is -2.20. The average molecular weight is 275 g/mol. The molecule has 0 amide bonds. The molecule has 0 N–H and O–H groups in total. The molecule has 0 unspecified atom stereocenters. The standard InChI is InChI=1S/C14H8ClFN2O/c15-10-3-6-13-17-12(7-14(19)18(13)8-10)9-1-4-11(16)5-2-9/h1-8H. The SMILES string of the molecule is O=c1cc(-c2ccc(F)cc2)nc2ccc(Cl)cn12. The Balaban J connectivity index is 2.24. The van der Waals surface area contributed by atoms with E-state index in [4.69, 9.17) is 11.6 Å². The Morgan fingerprint density at radius 3 is 2.58 bits per heavy atom. The summed E-state index contributed by atoms with van der Waals surface area (Å²) in [6.07, 6.45) is 1.51. The summed E-state index contributed by atoms with van der Waals surface area (Å²) < 4.78 is 14.2. The first-order valence-corrected chi connectivity index (χ1v) is 5.96. The summed E-state index contributed by atoms with van der Waals surface area (Å²) in [5, 5.41) is 0.464. The van der Waals surface area contributed by atoms with Gasteiger partial charge in [0.2, 0.25) is 0 Å². The molecule has 3 rings (SSSR count). The number of nitrogens with zero attached hydrogens (tertiary/aromatic N) is 2. The summed E-state index contributed by atoms with van der Waals surface area (Å²) in [5.41, 5.74) is 1.46. The van der Waals surface area contributed by atoms with Gasteiger partial charge in [-0.1, -0.05) is 11.6 Å². The minimum atomic E-state index is -0.326. The predicted octanol–water partition coefficient (Wildman–Crippen LogP) is 3.15. The Morgan fingerprint density at radius 1 is 1.11 bits per heavy atom. The van der Waals surface area contributed by atoms with Crippen LogP contribution in [-0.2, 0) is 0 Å². The maximum absolute atomic E-state index is 12.9. The molecule has 0 saturated heterocycles. The number of halogens is 2.